The molecule has 98 valence electrons. The first-order valence-corrected chi connectivity index (χ1v) is 7.58. The average Bonchev–Trinajstić information content (AvgIpc) is 3.01. The van der Waals surface area contributed by atoms with Crippen molar-refractivity contribution in [2.75, 3.05) is 0 Å². The van der Waals surface area contributed by atoms with E-state index >= 15 is 0 Å². The van der Waals surface area contributed by atoms with Crippen molar-refractivity contribution in [1.29, 1.82) is 0 Å². The summed E-state index contributed by atoms with van der Waals surface area (Å²) < 4.78 is 1.19. The van der Waals surface area contributed by atoms with E-state index in [1.165, 1.54) is 10.3 Å². The summed E-state index contributed by atoms with van der Waals surface area (Å²) in [5.41, 5.74) is 4.21. The van der Waals surface area contributed by atoms with Crippen LogP contribution in [0.4, 0.5) is 0 Å². The molecule has 3 aromatic rings. The molecule has 1 unspecified atom stereocenters. The topological polar surface area (TPSA) is 30.0 Å². The summed E-state index contributed by atoms with van der Waals surface area (Å²) in [5, 5.41) is 1.02. The molecule has 1 heterocycles. The van der Waals surface area contributed by atoms with E-state index in [0.29, 0.717) is 0 Å². The molecule has 0 aliphatic heterocycles. The average molecular weight is 279 g/mol. The zero-order valence-electron chi connectivity index (χ0n) is 11.1. The lowest BCUT2D eigenvalue weighted by Gasteiger charge is -2.03. The van der Waals surface area contributed by atoms with Gasteiger partial charge in [0.15, 0.2) is 5.78 Å². The van der Waals surface area contributed by atoms with Gasteiger partial charge < -0.3 is 0 Å². The van der Waals surface area contributed by atoms with Crippen molar-refractivity contribution >= 4 is 27.3 Å². The number of nitrogens with zero attached hydrogens (tertiary/aromatic N) is 1. The van der Waals surface area contributed by atoms with Gasteiger partial charge in [0, 0.05) is 17.0 Å². The first kappa shape index (κ1) is 11.8. The quantitative estimate of drug-likeness (QED) is 0.663. The van der Waals surface area contributed by atoms with Gasteiger partial charge in [-0.05, 0) is 24.1 Å². The van der Waals surface area contributed by atoms with Crippen LogP contribution in [0.3, 0.4) is 0 Å². The van der Waals surface area contributed by atoms with E-state index in [9.17, 15) is 4.79 Å². The van der Waals surface area contributed by atoms with Gasteiger partial charge in [0.1, 0.15) is 5.01 Å². The fraction of sp³-hybridized carbons (Fsp3) is 0.176. The molecule has 0 N–H and O–H groups in total. The Kier molecular flexibility index (Phi) is 2.51. The first-order chi connectivity index (χ1) is 9.74. The monoisotopic (exact) mass is 279 g/mol. The molecular formula is C17H13NOS. The number of aromatic nitrogens is 1. The minimum Gasteiger partial charge on any atom is -0.294 e. The molecular weight excluding hydrogens is 266 g/mol. The Labute approximate surface area is 121 Å². The van der Waals surface area contributed by atoms with Crippen molar-refractivity contribution in [3.63, 3.8) is 0 Å². The standard InChI is InChI=1S/C17H13NOS/c1-10-9-13-11(16(10)19)5-4-6-12(13)17-18-14-7-2-3-8-15(14)20-17/h2-8,10H,9H2,1H3. The predicted molar refractivity (Wildman–Crippen MR) is 82.3 cm³/mol. The fourth-order valence-electron chi connectivity index (χ4n) is 2.89. The Balaban J connectivity index is 1.94. The molecule has 0 bridgehead atoms. The number of Topliss-reactive ketones (excluding diaryl/α,β-unsaturated/α-hetero) is 1. The van der Waals surface area contributed by atoms with E-state index in [1.807, 2.05) is 37.3 Å². The molecule has 0 saturated heterocycles. The van der Waals surface area contributed by atoms with Crippen LogP contribution in [0.25, 0.3) is 20.8 Å². The van der Waals surface area contributed by atoms with Crippen LogP contribution in [0.2, 0.25) is 0 Å². The molecule has 0 radical (unpaired) electrons. The van der Waals surface area contributed by atoms with Crippen LogP contribution >= 0.6 is 11.3 Å². The summed E-state index contributed by atoms with van der Waals surface area (Å²) in [7, 11) is 0. The molecule has 0 amide bonds. The second kappa shape index (κ2) is 4.25. The molecule has 0 fully saturated rings. The molecule has 0 spiro atoms. The van der Waals surface area contributed by atoms with Gasteiger partial charge in [0.05, 0.1) is 10.2 Å². The van der Waals surface area contributed by atoms with Crippen molar-refractivity contribution < 1.29 is 4.79 Å². The highest BCUT2D eigenvalue weighted by molar-refractivity contribution is 7.21. The molecule has 1 aromatic heterocycles. The van der Waals surface area contributed by atoms with Crippen LogP contribution in [0.15, 0.2) is 42.5 Å². The maximum atomic E-state index is 12.1. The highest BCUT2D eigenvalue weighted by Gasteiger charge is 2.29. The molecule has 1 aliphatic carbocycles. The van der Waals surface area contributed by atoms with Crippen molar-refractivity contribution in [3.8, 4) is 10.6 Å². The number of benzene rings is 2. The van der Waals surface area contributed by atoms with E-state index in [-0.39, 0.29) is 11.7 Å². The van der Waals surface area contributed by atoms with E-state index < -0.39 is 0 Å². The zero-order chi connectivity index (χ0) is 13.7. The lowest BCUT2D eigenvalue weighted by atomic mass is 10.0. The van der Waals surface area contributed by atoms with Gasteiger partial charge in [-0.15, -0.1) is 11.3 Å². The highest BCUT2D eigenvalue weighted by Crippen LogP contribution is 2.37. The van der Waals surface area contributed by atoms with Gasteiger partial charge in [0.25, 0.3) is 0 Å². The molecule has 1 atom stereocenters. The fourth-order valence-corrected chi connectivity index (χ4v) is 3.91. The minimum absolute atomic E-state index is 0.0977. The highest BCUT2D eigenvalue weighted by atomic mass is 32.1. The predicted octanol–water partition coefficient (Wildman–Crippen LogP) is 4.34. The smallest absolute Gasteiger partial charge is 0.166 e. The molecule has 3 heteroatoms. The normalized spacial score (nSPS) is 17.6. The molecule has 1 aliphatic rings. The number of rotatable bonds is 1. The third kappa shape index (κ3) is 1.63. The first-order valence-electron chi connectivity index (χ1n) is 6.76. The Morgan fingerprint density at radius 1 is 1.10 bits per heavy atom. The third-order valence-electron chi connectivity index (χ3n) is 3.92. The summed E-state index contributed by atoms with van der Waals surface area (Å²) >= 11 is 1.70. The van der Waals surface area contributed by atoms with Gasteiger partial charge in [-0.2, -0.15) is 0 Å². The summed E-state index contributed by atoms with van der Waals surface area (Å²) in [6.45, 7) is 2.00. The third-order valence-corrected chi connectivity index (χ3v) is 4.99. The van der Waals surface area contributed by atoms with Gasteiger partial charge >= 0.3 is 0 Å². The van der Waals surface area contributed by atoms with Crippen molar-refractivity contribution in [2.24, 2.45) is 5.92 Å². The SMILES string of the molecule is CC1Cc2c(cccc2-c2nc3ccccc3s2)C1=O. The Hall–Kier alpha value is -2.00. The van der Waals surface area contributed by atoms with E-state index in [0.717, 1.165) is 28.1 Å². The molecule has 2 nitrogen and oxygen atoms in total. The largest absolute Gasteiger partial charge is 0.294 e. The number of hydrogen-bond donors (Lipinski definition) is 0. The van der Waals surface area contributed by atoms with Crippen LogP contribution in [0.1, 0.15) is 22.8 Å². The second-order valence-corrected chi connectivity index (χ2v) is 6.32. The van der Waals surface area contributed by atoms with Gasteiger partial charge in [-0.25, -0.2) is 4.98 Å². The van der Waals surface area contributed by atoms with Crippen molar-refractivity contribution in [2.45, 2.75) is 13.3 Å². The number of para-hydroxylation sites is 1. The van der Waals surface area contributed by atoms with Crippen LogP contribution < -0.4 is 0 Å². The van der Waals surface area contributed by atoms with Crippen LogP contribution in [0.5, 0.6) is 0 Å². The maximum absolute atomic E-state index is 12.1. The molecule has 4 rings (SSSR count). The summed E-state index contributed by atoms with van der Waals surface area (Å²) in [5.74, 6) is 0.364. The lowest BCUT2D eigenvalue weighted by molar-refractivity contribution is 0.0946. The number of thiazole rings is 1. The number of hydrogen-bond acceptors (Lipinski definition) is 3. The Morgan fingerprint density at radius 2 is 1.90 bits per heavy atom. The summed E-state index contributed by atoms with van der Waals surface area (Å²) in [6.07, 6.45) is 0.834. The zero-order valence-corrected chi connectivity index (χ0v) is 11.9. The van der Waals surface area contributed by atoms with E-state index in [2.05, 4.69) is 12.1 Å². The minimum atomic E-state index is 0.0977. The number of ketones is 1. The van der Waals surface area contributed by atoms with Crippen LogP contribution in [0, 0.1) is 5.92 Å². The van der Waals surface area contributed by atoms with Crippen molar-refractivity contribution in [3.05, 3.63) is 53.6 Å². The molecule has 2 aromatic carbocycles. The van der Waals surface area contributed by atoms with E-state index in [1.54, 1.807) is 11.3 Å². The van der Waals surface area contributed by atoms with Gasteiger partial charge in [-0.3, -0.25) is 4.79 Å². The van der Waals surface area contributed by atoms with Gasteiger partial charge in [0.2, 0.25) is 0 Å². The second-order valence-electron chi connectivity index (χ2n) is 5.29. The molecule has 20 heavy (non-hydrogen) atoms. The Morgan fingerprint density at radius 3 is 2.75 bits per heavy atom. The maximum Gasteiger partial charge on any atom is 0.166 e. The lowest BCUT2D eigenvalue weighted by Crippen LogP contribution is -2.02. The van der Waals surface area contributed by atoms with E-state index in [4.69, 9.17) is 4.98 Å². The van der Waals surface area contributed by atoms with Crippen LogP contribution in [-0.4, -0.2) is 10.8 Å². The molecule has 0 saturated carbocycles. The number of fused-ring (bicyclic) bond motifs is 2. The number of carbonyl (C=O) groups is 1. The number of carbonyl (C=O) groups excluding carboxylic acids is 1. The van der Waals surface area contributed by atoms with Crippen LogP contribution in [-0.2, 0) is 6.42 Å². The summed E-state index contributed by atoms with van der Waals surface area (Å²) in [4.78, 5) is 16.9. The van der Waals surface area contributed by atoms with Gasteiger partial charge in [-0.1, -0.05) is 37.3 Å². The van der Waals surface area contributed by atoms with Crippen molar-refractivity contribution in [1.82, 2.24) is 4.98 Å². The summed E-state index contributed by atoms with van der Waals surface area (Å²) in [6, 6.07) is 14.2. The Bertz CT molecular complexity index is 801.